The van der Waals surface area contributed by atoms with Crippen molar-refractivity contribution in [1.29, 1.82) is 0 Å². The van der Waals surface area contributed by atoms with Crippen LogP contribution < -0.4 is 0 Å². The second kappa shape index (κ2) is 9.42. The molecule has 0 saturated heterocycles. The lowest BCUT2D eigenvalue weighted by Crippen LogP contribution is -2.40. The van der Waals surface area contributed by atoms with E-state index in [0.717, 1.165) is 27.4 Å². The van der Waals surface area contributed by atoms with Gasteiger partial charge in [0.1, 0.15) is 0 Å². The molecule has 1 aromatic heterocycles. The lowest BCUT2D eigenvalue weighted by Gasteiger charge is -2.25. The fourth-order valence-electron chi connectivity index (χ4n) is 4.12. The normalized spacial score (nSPS) is 13.2. The van der Waals surface area contributed by atoms with E-state index in [0.29, 0.717) is 6.42 Å². The number of nitrogens with zero attached hydrogens (tertiary/aromatic N) is 2. The molecule has 4 rings (SSSR count). The van der Waals surface area contributed by atoms with Crippen LogP contribution in [0.1, 0.15) is 12.0 Å². The van der Waals surface area contributed by atoms with Gasteiger partial charge in [-0.25, -0.2) is 8.42 Å². The Balaban J connectivity index is 1.63. The first-order valence-corrected chi connectivity index (χ1v) is 12.2. The number of aryl methyl sites for hydroxylation is 1. The molecule has 0 spiro atoms. The summed E-state index contributed by atoms with van der Waals surface area (Å²) in [6, 6.07) is 22.7. The van der Waals surface area contributed by atoms with Crippen molar-refractivity contribution >= 4 is 31.8 Å². The molecule has 3 aromatic carbocycles. The van der Waals surface area contributed by atoms with E-state index in [4.69, 9.17) is 0 Å². The van der Waals surface area contributed by atoms with Crippen LogP contribution in [0.2, 0.25) is 0 Å². The number of rotatable bonds is 9. The van der Waals surface area contributed by atoms with E-state index in [9.17, 15) is 18.6 Å². The Morgan fingerprint density at radius 3 is 2.03 bits per heavy atom. The molecule has 0 aliphatic carbocycles. The van der Waals surface area contributed by atoms with Gasteiger partial charge in [-0.15, -0.1) is 0 Å². The molecule has 0 aliphatic heterocycles. The standard InChI is InChI=1S/C25H28N2O4S/c1-19-11-13-21(14-12-19)32(30,31)26(15-6-16-28)17-20(29)18-27-24-9-4-2-7-22(24)23-8-3-5-10-25(23)27/h2-5,7-14,20,28-29H,6,15-18H2,1H3. The van der Waals surface area contributed by atoms with Crippen molar-refractivity contribution in [2.24, 2.45) is 0 Å². The van der Waals surface area contributed by atoms with Crippen LogP contribution in [0.4, 0.5) is 0 Å². The van der Waals surface area contributed by atoms with Crippen LogP contribution in [0.25, 0.3) is 21.8 Å². The van der Waals surface area contributed by atoms with Gasteiger partial charge in [-0.1, -0.05) is 54.1 Å². The van der Waals surface area contributed by atoms with E-state index in [1.54, 1.807) is 24.3 Å². The van der Waals surface area contributed by atoms with Crippen molar-refractivity contribution in [1.82, 2.24) is 8.87 Å². The van der Waals surface area contributed by atoms with Gasteiger partial charge in [0.2, 0.25) is 10.0 Å². The topological polar surface area (TPSA) is 82.8 Å². The van der Waals surface area contributed by atoms with Crippen molar-refractivity contribution in [3.8, 4) is 0 Å². The van der Waals surface area contributed by atoms with E-state index in [-0.39, 0.29) is 31.1 Å². The maximum Gasteiger partial charge on any atom is 0.243 e. The molecule has 32 heavy (non-hydrogen) atoms. The van der Waals surface area contributed by atoms with Gasteiger partial charge in [0.05, 0.1) is 17.5 Å². The van der Waals surface area contributed by atoms with E-state index in [1.165, 1.54) is 4.31 Å². The van der Waals surface area contributed by atoms with E-state index in [2.05, 4.69) is 12.1 Å². The highest BCUT2D eigenvalue weighted by Gasteiger charge is 2.27. The molecule has 1 unspecified atom stereocenters. The predicted octanol–water partition coefficient (Wildman–Crippen LogP) is 3.54. The summed E-state index contributed by atoms with van der Waals surface area (Å²) in [4.78, 5) is 0.185. The molecule has 0 saturated carbocycles. The minimum atomic E-state index is -3.80. The molecule has 2 N–H and O–H groups in total. The van der Waals surface area contributed by atoms with Crippen LogP contribution in [0.15, 0.2) is 77.7 Å². The molecule has 7 heteroatoms. The highest BCUT2D eigenvalue weighted by atomic mass is 32.2. The van der Waals surface area contributed by atoms with Crippen LogP contribution in [-0.4, -0.2) is 53.3 Å². The molecule has 0 aliphatic rings. The maximum atomic E-state index is 13.2. The highest BCUT2D eigenvalue weighted by molar-refractivity contribution is 7.89. The van der Waals surface area contributed by atoms with E-state index in [1.807, 2.05) is 47.9 Å². The van der Waals surface area contributed by atoms with Gasteiger partial charge in [-0.3, -0.25) is 0 Å². The number of para-hydroxylation sites is 2. The number of benzene rings is 3. The molecule has 0 bridgehead atoms. The lowest BCUT2D eigenvalue weighted by molar-refractivity contribution is 0.127. The average molecular weight is 453 g/mol. The number of aliphatic hydroxyl groups excluding tert-OH is 2. The van der Waals surface area contributed by atoms with Gasteiger partial charge in [0, 0.05) is 41.5 Å². The predicted molar refractivity (Wildman–Crippen MR) is 127 cm³/mol. The number of sulfonamides is 1. The Hall–Kier alpha value is -2.71. The first-order valence-electron chi connectivity index (χ1n) is 10.7. The fraction of sp³-hybridized carbons (Fsp3) is 0.280. The first kappa shape index (κ1) is 22.5. The Labute approximate surface area is 188 Å². The Kier molecular flexibility index (Phi) is 6.62. The molecular formula is C25H28N2O4S. The van der Waals surface area contributed by atoms with Crippen LogP contribution in [0, 0.1) is 6.92 Å². The zero-order chi connectivity index (χ0) is 22.7. The molecule has 0 fully saturated rings. The summed E-state index contributed by atoms with van der Waals surface area (Å²) in [5.41, 5.74) is 2.96. The van der Waals surface area contributed by atoms with Gasteiger partial charge in [-0.2, -0.15) is 4.31 Å². The Morgan fingerprint density at radius 1 is 0.906 bits per heavy atom. The minimum absolute atomic E-state index is 0.0585. The minimum Gasteiger partial charge on any atom is -0.396 e. The monoisotopic (exact) mass is 452 g/mol. The molecular weight excluding hydrogens is 424 g/mol. The number of hydrogen-bond acceptors (Lipinski definition) is 4. The van der Waals surface area contributed by atoms with Gasteiger partial charge in [0.25, 0.3) is 0 Å². The number of hydrogen-bond donors (Lipinski definition) is 2. The summed E-state index contributed by atoms with van der Waals surface area (Å²) in [6.45, 7) is 2.11. The third-order valence-electron chi connectivity index (χ3n) is 5.71. The number of aliphatic hydroxyl groups is 2. The quantitative estimate of drug-likeness (QED) is 0.407. The Morgan fingerprint density at radius 2 is 1.47 bits per heavy atom. The molecule has 1 atom stereocenters. The molecule has 0 radical (unpaired) electrons. The average Bonchev–Trinajstić information content (AvgIpc) is 3.10. The SMILES string of the molecule is Cc1ccc(S(=O)(=O)N(CCCO)CC(O)Cn2c3ccccc3c3ccccc32)cc1. The largest absolute Gasteiger partial charge is 0.396 e. The van der Waals surface area contributed by atoms with E-state index < -0.39 is 16.1 Å². The number of fused-ring (bicyclic) bond motifs is 3. The third-order valence-corrected chi connectivity index (χ3v) is 7.59. The summed E-state index contributed by atoms with van der Waals surface area (Å²) in [5, 5.41) is 22.4. The second-order valence-electron chi connectivity index (χ2n) is 8.05. The zero-order valence-electron chi connectivity index (χ0n) is 18.1. The highest BCUT2D eigenvalue weighted by Crippen LogP contribution is 2.29. The van der Waals surface area contributed by atoms with Gasteiger partial charge in [0.15, 0.2) is 0 Å². The third kappa shape index (κ3) is 4.42. The van der Waals surface area contributed by atoms with Gasteiger partial charge < -0.3 is 14.8 Å². The van der Waals surface area contributed by atoms with E-state index >= 15 is 0 Å². The summed E-state index contributed by atoms with van der Waals surface area (Å²) in [7, 11) is -3.80. The van der Waals surface area contributed by atoms with Gasteiger partial charge >= 0.3 is 0 Å². The van der Waals surface area contributed by atoms with Crippen LogP contribution in [0.3, 0.4) is 0 Å². The molecule has 0 amide bonds. The molecule has 6 nitrogen and oxygen atoms in total. The summed E-state index contributed by atoms with van der Waals surface area (Å²) < 4.78 is 29.8. The van der Waals surface area contributed by atoms with Crippen LogP contribution >= 0.6 is 0 Å². The fourth-order valence-corrected chi connectivity index (χ4v) is 5.64. The first-order chi connectivity index (χ1) is 15.4. The molecule has 4 aromatic rings. The smallest absolute Gasteiger partial charge is 0.243 e. The van der Waals surface area contributed by atoms with Crippen molar-refractivity contribution in [3.05, 3.63) is 78.4 Å². The van der Waals surface area contributed by atoms with Crippen LogP contribution in [0.5, 0.6) is 0 Å². The van der Waals surface area contributed by atoms with Gasteiger partial charge in [-0.05, 0) is 37.6 Å². The molecule has 168 valence electrons. The Bertz CT molecular complexity index is 1260. The van der Waals surface area contributed by atoms with Crippen molar-refractivity contribution < 1.29 is 18.6 Å². The maximum absolute atomic E-state index is 13.2. The van der Waals surface area contributed by atoms with Crippen molar-refractivity contribution in [3.63, 3.8) is 0 Å². The summed E-state index contributed by atoms with van der Waals surface area (Å²) in [5.74, 6) is 0. The second-order valence-corrected chi connectivity index (χ2v) is 9.99. The number of aromatic nitrogens is 1. The zero-order valence-corrected chi connectivity index (χ0v) is 18.9. The summed E-state index contributed by atoms with van der Waals surface area (Å²) in [6.07, 6.45) is -0.624. The summed E-state index contributed by atoms with van der Waals surface area (Å²) >= 11 is 0. The molecule has 1 heterocycles. The lowest BCUT2D eigenvalue weighted by atomic mass is 10.2. The van der Waals surface area contributed by atoms with Crippen molar-refractivity contribution in [2.75, 3.05) is 19.7 Å². The van der Waals surface area contributed by atoms with Crippen LogP contribution in [-0.2, 0) is 16.6 Å². The van der Waals surface area contributed by atoms with Crippen molar-refractivity contribution in [2.45, 2.75) is 30.9 Å².